The lowest BCUT2D eigenvalue weighted by atomic mass is 10.1. The molecule has 0 aliphatic heterocycles. The van der Waals surface area contributed by atoms with Crippen molar-refractivity contribution >= 4 is 22.4 Å². The fourth-order valence-electron chi connectivity index (χ4n) is 4.07. The molecule has 0 aliphatic carbocycles. The van der Waals surface area contributed by atoms with Gasteiger partial charge < -0.3 is 4.90 Å². The second-order valence-electron chi connectivity index (χ2n) is 8.40. The van der Waals surface area contributed by atoms with Crippen LogP contribution in [0.4, 0.5) is 5.69 Å². The van der Waals surface area contributed by atoms with E-state index in [1.807, 2.05) is 14.1 Å². The summed E-state index contributed by atoms with van der Waals surface area (Å²) in [5.74, 6) is 0.704. The van der Waals surface area contributed by atoms with Crippen molar-refractivity contribution in [3.05, 3.63) is 71.2 Å². The number of hydrogen-bond acceptors (Lipinski definition) is 4. The molecule has 0 bridgehead atoms. The van der Waals surface area contributed by atoms with Crippen LogP contribution in [0.15, 0.2) is 48.8 Å². The molecule has 0 radical (unpaired) electrons. The van der Waals surface area contributed by atoms with E-state index in [1.54, 1.807) is 10.8 Å². The van der Waals surface area contributed by atoms with Gasteiger partial charge in [0, 0.05) is 36.7 Å². The Hall–Kier alpha value is -3.67. The monoisotopic (exact) mass is 410 g/mol. The van der Waals surface area contributed by atoms with E-state index >= 15 is 0 Å². The van der Waals surface area contributed by atoms with Crippen LogP contribution in [0, 0.1) is 27.7 Å². The molecule has 0 aliphatic rings. The Labute approximate surface area is 181 Å². The zero-order valence-corrected chi connectivity index (χ0v) is 18.8. The van der Waals surface area contributed by atoms with E-state index in [-0.39, 0.29) is 0 Å². The molecule has 0 fully saturated rings. The van der Waals surface area contributed by atoms with Crippen molar-refractivity contribution in [3.63, 3.8) is 0 Å². The summed E-state index contributed by atoms with van der Waals surface area (Å²) in [5.41, 5.74) is 9.89. The minimum atomic E-state index is 0.704. The number of benzene rings is 2. The molecule has 31 heavy (non-hydrogen) atoms. The first kappa shape index (κ1) is 19.3. The number of aromatic nitrogens is 5. The molecule has 5 rings (SSSR count). The summed E-state index contributed by atoms with van der Waals surface area (Å²) >= 11 is 0. The third-order valence-electron chi connectivity index (χ3n) is 6.22. The normalized spacial score (nSPS) is 11.5. The molecule has 0 saturated heterocycles. The quantitative estimate of drug-likeness (QED) is 0.418. The molecular formula is C25H26N6. The van der Waals surface area contributed by atoms with E-state index in [1.165, 1.54) is 22.4 Å². The third kappa shape index (κ3) is 2.98. The number of anilines is 1. The number of aryl methyl sites for hydroxylation is 3. The maximum Gasteiger partial charge on any atom is 0.182 e. The minimum absolute atomic E-state index is 0.704. The van der Waals surface area contributed by atoms with Gasteiger partial charge in [0.05, 0.1) is 5.39 Å². The Morgan fingerprint density at radius 2 is 1.58 bits per heavy atom. The zero-order valence-electron chi connectivity index (χ0n) is 18.8. The Morgan fingerprint density at radius 1 is 0.839 bits per heavy atom. The van der Waals surface area contributed by atoms with Gasteiger partial charge in [0.2, 0.25) is 0 Å². The SMILES string of the molecule is Cc1ccc(-n2c(C)c(C)c3c2ncn2nc(-c4ccc(N(C)C)cc4)nc32)cc1C. The Morgan fingerprint density at radius 3 is 2.26 bits per heavy atom. The summed E-state index contributed by atoms with van der Waals surface area (Å²) in [5, 5.41) is 5.75. The van der Waals surface area contributed by atoms with Gasteiger partial charge in [0.25, 0.3) is 0 Å². The van der Waals surface area contributed by atoms with E-state index in [4.69, 9.17) is 15.1 Å². The van der Waals surface area contributed by atoms with E-state index in [2.05, 4.69) is 79.6 Å². The van der Waals surface area contributed by atoms with Gasteiger partial charge in [-0.25, -0.2) is 14.5 Å². The van der Waals surface area contributed by atoms with Crippen LogP contribution < -0.4 is 4.90 Å². The van der Waals surface area contributed by atoms with Crippen molar-refractivity contribution in [1.29, 1.82) is 0 Å². The fourth-order valence-corrected chi connectivity index (χ4v) is 4.07. The molecule has 6 heteroatoms. The predicted molar refractivity (Wildman–Crippen MR) is 126 cm³/mol. The van der Waals surface area contributed by atoms with Crippen molar-refractivity contribution in [1.82, 2.24) is 24.1 Å². The predicted octanol–water partition coefficient (Wildman–Crippen LogP) is 5.03. The first-order chi connectivity index (χ1) is 14.8. The van der Waals surface area contributed by atoms with Gasteiger partial charge in [-0.15, -0.1) is 5.10 Å². The summed E-state index contributed by atoms with van der Waals surface area (Å²) in [6, 6.07) is 14.8. The van der Waals surface area contributed by atoms with Crippen molar-refractivity contribution in [3.8, 4) is 17.1 Å². The topological polar surface area (TPSA) is 51.3 Å². The lowest BCUT2D eigenvalue weighted by molar-refractivity contribution is 0.926. The Bertz CT molecular complexity index is 1440. The first-order valence-electron chi connectivity index (χ1n) is 10.4. The summed E-state index contributed by atoms with van der Waals surface area (Å²) in [7, 11) is 4.07. The van der Waals surface area contributed by atoms with Gasteiger partial charge in [0.1, 0.15) is 6.33 Å². The van der Waals surface area contributed by atoms with Gasteiger partial charge in [-0.3, -0.25) is 4.57 Å². The maximum absolute atomic E-state index is 4.91. The van der Waals surface area contributed by atoms with Crippen LogP contribution in [0.2, 0.25) is 0 Å². The molecular weight excluding hydrogens is 384 g/mol. The molecule has 3 aromatic heterocycles. The number of nitrogens with zero attached hydrogens (tertiary/aromatic N) is 6. The van der Waals surface area contributed by atoms with E-state index in [9.17, 15) is 0 Å². The molecule has 3 heterocycles. The minimum Gasteiger partial charge on any atom is -0.378 e. The molecule has 0 N–H and O–H groups in total. The van der Waals surface area contributed by atoms with Crippen molar-refractivity contribution < 1.29 is 0 Å². The van der Waals surface area contributed by atoms with Crippen LogP contribution in [-0.4, -0.2) is 38.2 Å². The van der Waals surface area contributed by atoms with Crippen LogP contribution in [0.25, 0.3) is 33.8 Å². The van der Waals surface area contributed by atoms with Gasteiger partial charge in [0.15, 0.2) is 17.1 Å². The third-order valence-corrected chi connectivity index (χ3v) is 6.22. The van der Waals surface area contributed by atoms with Gasteiger partial charge in [-0.05, 0) is 80.8 Å². The van der Waals surface area contributed by atoms with Crippen molar-refractivity contribution in [2.24, 2.45) is 0 Å². The summed E-state index contributed by atoms with van der Waals surface area (Å²) in [6.45, 7) is 8.55. The Balaban J connectivity index is 1.71. The zero-order chi connectivity index (χ0) is 21.9. The van der Waals surface area contributed by atoms with E-state index < -0.39 is 0 Å². The molecule has 0 atom stereocenters. The van der Waals surface area contributed by atoms with Crippen LogP contribution in [-0.2, 0) is 0 Å². The molecule has 0 spiro atoms. The lowest BCUT2D eigenvalue weighted by Crippen LogP contribution is -2.07. The molecule has 0 amide bonds. The molecule has 6 nitrogen and oxygen atoms in total. The first-order valence-corrected chi connectivity index (χ1v) is 10.4. The largest absolute Gasteiger partial charge is 0.378 e. The standard InChI is InChI=1S/C25H26N6/c1-15-7-10-21(13-16(15)2)31-18(4)17(3)22-24(31)26-14-30-25(22)27-23(28-30)19-8-11-20(12-9-19)29(5)6/h7-14H,1-6H3. The highest BCUT2D eigenvalue weighted by atomic mass is 15.3. The van der Waals surface area contributed by atoms with Crippen molar-refractivity contribution in [2.45, 2.75) is 27.7 Å². The van der Waals surface area contributed by atoms with Crippen LogP contribution in [0.3, 0.4) is 0 Å². The van der Waals surface area contributed by atoms with Crippen molar-refractivity contribution in [2.75, 3.05) is 19.0 Å². The second-order valence-corrected chi connectivity index (χ2v) is 8.40. The highest BCUT2D eigenvalue weighted by Gasteiger charge is 2.19. The molecule has 2 aromatic carbocycles. The average molecular weight is 411 g/mol. The highest BCUT2D eigenvalue weighted by molar-refractivity contribution is 5.95. The smallest absolute Gasteiger partial charge is 0.182 e. The van der Waals surface area contributed by atoms with E-state index in [0.29, 0.717) is 5.82 Å². The number of rotatable bonds is 3. The number of hydrogen-bond donors (Lipinski definition) is 0. The van der Waals surface area contributed by atoms with Gasteiger partial charge in [-0.1, -0.05) is 6.07 Å². The van der Waals surface area contributed by atoms with Gasteiger partial charge >= 0.3 is 0 Å². The van der Waals surface area contributed by atoms with E-state index in [0.717, 1.165) is 33.6 Å². The summed E-state index contributed by atoms with van der Waals surface area (Å²) < 4.78 is 4.01. The molecule has 156 valence electrons. The molecule has 0 unspecified atom stereocenters. The van der Waals surface area contributed by atoms with Crippen LogP contribution in [0.5, 0.6) is 0 Å². The highest BCUT2D eigenvalue weighted by Crippen LogP contribution is 2.31. The lowest BCUT2D eigenvalue weighted by Gasteiger charge is -2.11. The van der Waals surface area contributed by atoms with Crippen LogP contribution in [0.1, 0.15) is 22.4 Å². The fraction of sp³-hybridized carbons (Fsp3) is 0.240. The molecule has 0 saturated carbocycles. The maximum atomic E-state index is 4.91. The Kier molecular flexibility index (Phi) is 4.32. The molecule has 5 aromatic rings. The number of fused-ring (bicyclic) bond motifs is 3. The van der Waals surface area contributed by atoms with Crippen LogP contribution >= 0.6 is 0 Å². The summed E-state index contributed by atoms with van der Waals surface area (Å²) in [6.07, 6.45) is 1.76. The second kappa shape index (κ2) is 6.94. The summed E-state index contributed by atoms with van der Waals surface area (Å²) in [4.78, 5) is 11.8. The average Bonchev–Trinajstić information content (AvgIpc) is 3.29. The van der Waals surface area contributed by atoms with Gasteiger partial charge in [-0.2, -0.15) is 0 Å².